The fourth-order valence-electron chi connectivity index (χ4n) is 2.98. The number of para-hydroxylation sites is 2. The van der Waals surface area contributed by atoms with Gasteiger partial charge in [0.1, 0.15) is 17.1 Å². The van der Waals surface area contributed by atoms with Crippen molar-refractivity contribution in [3.05, 3.63) is 65.9 Å². The lowest BCUT2D eigenvalue weighted by Crippen LogP contribution is -2.14. The molecule has 2 N–H and O–H groups in total. The zero-order valence-electron chi connectivity index (χ0n) is 18.7. The van der Waals surface area contributed by atoms with Gasteiger partial charge in [-0.15, -0.1) is 0 Å². The van der Waals surface area contributed by atoms with Crippen molar-refractivity contribution in [3.8, 4) is 5.75 Å². The molecule has 32 heavy (non-hydrogen) atoms. The van der Waals surface area contributed by atoms with E-state index in [9.17, 15) is 13.2 Å². The Balaban J connectivity index is 1.93. The number of hydrogen-bond acceptors (Lipinski definition) is 5. The molecule has 170 valence electrons. The fourth-order valence-corrected chi connectivity index (χ4v) is 2.98. The van der Waals surface area contributed by atoms with E-state index in [0.717, 1.165) is 11.8 Å². The summed E-state index contributed by atoms with van der Waals surface area (Å²) in [6.45, 7) is 10.00. The van der Waals surface area contributed by atoms with Crippen LogP contribution in [-0.2, 0) is 11.6 Å². The standard InChI is InChI=1S/C24H27F3N4O/c1-15(2)32-20-9-7-6-8-19(20)30-21-18(24(25,26)27)14-28-22(31-21)29-17-12-10-16(11-13-17)23(3,4)5/h6-15H,1-5H3,(H2,28,29,30,31). The van der Waals surface area contributed by atoms with Crippen LogP contribution in [0.25, 0.3) is 0 Å². The summed E-state index contributed by atoms with van der Waals surface area (Å²) < 4.78 is 46.5. The highest BCUT2D eigenvalue weighted by Gasteiger charge is 2.35. The number of nitrogens with one attached hydrogen (secondary N) is 2. The Morgan fingerprint density at radius 1 is 0.906 bits per heavy atom. The van der Waals surface area contributed by atoms with Gasteiger partial charge in [0.05, 0.1) is 11.8 Å². The van der Waals surface area contributed by atoms with E-state index in [1.807, 2.05) is 38.1 Å². The molecule has 0 amide bonds. The molecule has 0 fully saturated rings. The Kier molecular flexibility index (Phi) is 6.62. The second kappa shape index (κ2) is 9.06. The predicted octanol–water partition coefficient (Wildman–Crippen LogP) is 7.07. The molecule has 3 rings (SSSR count). The maximum Gasteiger partial charge on any atom is 0.421 e. The SMILES string of the molecule is CC(C)Oc1ccccc1Nc1nc(Nc2ccc(C(C)(C)C)cc2)ncc1C(F)(F)F. The van der Waals surface area contributed by atoms with Gasteiger partial charge in [-0.25, -0.2) is 4.98 Å². The molecule has 0 saturated carbocycles. The Bertz CT molecular complexity index is 1060. The molecule has 5 nitrogen and oxygen atoms in total. The molecule has 0 aliphatic carbocycles. The van der Waals surface area contributed by atoms with E-state index in [1.54, 1.807) is 24.3 Å². The molecule has 1 aromatic heterocycles. The molecule has 2 aromatic carbocycles. The van der Waals surface area contributed by atoms with Gasteiger partial charge in [-0.2, -0.15) is 18.2 Å². The summed E-state index contributed by atoms with van der Waals surface area (Å²) in [4.78, 5) is 7.98. The van der Waals surface area contributed by atoms with Crippen LogP contribution in [0, 0.1) is 0 Å². The average molecular weight is 445 g/mol. The third-order valence-corrected chi connectivity index (χ3v) is 4.60. The zero-order chi connectivity index (χ0) is 23.5. The van der Waals surface area contributed by atoms with Gasteiger partial charge < -0.3 is 15.4 Å². The number of halogens is 3. The molecule has 0 saturated heterocycles. The molecule has 0 radical (unpaired) electrons. The van der Waals surface area contributed by atoms with Gasteiger partial charge in [0, 0.05) is 11.9 Å². The molecule has 0 unspecified atom stereocenters. The van der Waals surface area contributed by atoms with E-state index in [-0.39, 0.29) is 23.3 Å². The van der Waals surface area contributed by atoms with Gasteiger partial charge in [-0.1, -0.05) is 45.0 Å². The normalized spacial score (nSPS) is 12.0. The summed E-state index contributed by atoms with van der Waals surface area (Å²) >= 11 is 0. The van der Waals surface area contributed by atoms with Crippen LogP contribution in [0.4, 0.5) is 36.3 Å². The highest BCUT2D eigenvalue weighted by Crippen LogP contribution is 2.37. The van der Waals surface area contributed by atoms with E-state index in [0.29, 0.717) is 17.1 Å². The average Bonchev–Trinajstić information content (AvgIpc) is 2.68. The first kappa shape index (κ1) is 23.4. The number of anilines is 4. The predicted molar refractivity (Wildman–Crippen MR) is 121 cm³/mol. The van der Waals surface area contributed by atoms with Crippen molar-refractivity contribution in [1.82, 2.24) is 9.97 Å². The number of aromatic nitrogens is 2. The van der Waals surface area contributed by atoms with Crippen molar-refractivity contribution >= 4 is 23.1 Å². The number of nitrogens with zero attached hydrogens (tertiary/aromatic N) is 2. The minimum atomic E-state index is -4.62. The van der Waals surface area contributed by atoms with Gasteiger partial charge >= 0.3 is 6.18 Å². The quantitative estimate of drug-likeness (QED) is 0.426. The number of alkyl halides is 3. The summed E-state index contributed by atoms with van der Waals surface area (Å²) in [5.41, 5.74) is 1.22. The number of ether oxygens (including phenoxy) is 1. The molecule has 0 spiro atoms. The minimum Gasteiger partial charge on any atom is -0.489 e. The number of benzene rings is 2. The second-order valence-electron chi connectivity index (χ2n) is 8.69. The molecule has 8 heteroatoms. The van der Waals surface area contributed by atoms with Crippen molar-refractivity contribution in [3.63, 3.8) is 0 Å². The van der Waals surface area contributed by atoms with Crippen molar-refractivity contribution < 1.29 is 17.9 Å². The maximum absolute atomic E-state index is 13.6. The van der Waals surface area contributed by atoms with Gasteiger partial charge in [0.25, 0.3) is 0 Å². The smallest absolute Gasteiger partial charge is 0.421 e. The van der Waals surface area contributed by atoms with Gasteiger partial charge in [0.2, 0.25) is 5.95 Å². The van der Waals surface area contributed by atoms with Gasteiger partial charge in [-0.05, 0) is 49.1 Å². The third-order valence-electron chi connectivity index (χ3n) is 4.60. The molecule has 0 bridgehead atoms. The highest BCUT2D eigenvalue weighted by molar-refractivity contribution is 5.67. The Labute approximate surface area is 186 Å². The lowest BCUT2D eigenvalue weighted by molar-refractivity contribution is -0.137. The lowest BCUT2D eigenvalue weighted by Gasteiger charge is -2.19. The van der Waals surface area contributed by atoms with Gasteiger partial charge in [-0.3, -0.25) is 0 Å². The van der Waals surface area contributed by atoms with Crippen LogP contribution in [-0.4, -0.2) is 16.1 Å². The van der Waals surface area contributed by atoms with Crippen molar-refractivity contribution in [2.45, 2.75) is 52.3 Å². The first-order chi connectivity index (χ1) is 14.9. The Morgan fingerprint density at radius 2 is 1.56 bits per heavy atom. The molecule has 3 aromatic rings. The van der Waals surface area contributed by atoms with Crippen molar-refractivity contribution in [2.75, 3.05) is 10.6 Å². The Hall–Kier alpha value is -3.29. The Morgan fingerprint density at radius 3 is 2.16 bits per heavy atom. The van der Waals surface area contributed by atoms with Crippen LogP contribution < -0.4 is 15.4 Å². The maximum atomic E-state index is 13.6. The largest absolute Gasteiger partial charge is 0.489 e. The van der Waals surface area contributed by atoms with Crippen LogP contribution in [0.5, 0.6) is 5.75 Å². The van der Waals surface area contributed by atoms with E-state index in [1.165, 1.54) is 0 Å². The van der Waals surface area contributed by atoms with Crippen LogP contribution in [0.3, 0.4) is 0 Å². The van der Waals surface area contributed by atoms with E-state index < -0.39 is 11.7 Å². The number of hydrogen-bond donors (Lipinski definition) is 2. The summed E-state index contributed by atoms with van der Waals surface area (Å²) in [6, 6.07) is 14.4. The zero-order valence-corrected chi connectivity index (χ0v) is 18.7. The summed E-state index contributed by atoms with van der Waals surface area (Å²) in [6.07, 6.45) is -3.99. The molecular weight excluding hydrogens is 417 g/mol. The molecule has 1 heterocycles. The highest BCUT2D eigenvalue weighted by atomic mass is 19.4. The van der Waals surface area contributed by atoms with Crippen LogP contribution in [0.2, 0.25) is 0 Å². The van der Waals surface area contributed by atoms with E-state index in [4.69, 9.17) is 4.74 Å². The summed E-state index contributed by atoms with van der Waals surface area (Å²) in [5, 5.41) is 5.75. The summed E-state index contributed by atoms with van der Waals surface area (Å²) in [5.74, 6) is 0.119. The van der Waals surface area contributed by atoms with E-state index >= 15 is 0 Å². The van der Waals surface area contributed by atoms with Crippen molar-refractivity contribution in [2.24, 2.45) is 0 Å². The lowest BCUT2D eigenvalue weighted by atomic mass is 9.87. The minimum absolute atomic E-state index is 0.00801. The fraction of sp³-hybridized carbons (Fsp3) is 0.333. The first-order valence-electron chi connectivity index (χ1n) is 10.3. The summed E-state index contributed by atoms with van der Waals surface area (Å²) in [7, 11) is 0. The molecular formula is C24H27F3N4O. The van der Waals surface area contributed by atoms with Gasteiger partial charge in [0.15, 0.2) is 0 Å². The van der Waals surface area contributed by atoms with Crippen LogP contribution in [0.15, 0.2) is 54.7 Å². The molecule has 0 aliphatic rings. The van der Waals surface area contributed by atoms with Crippen LogP contribution in [0.1, 0.15) is 45.7 Å². The monoisotopic (exact) mass is 444 g/mol. The second-order valence-corrected chi connectivity index (χ2v) is 8.69. The molecule has 0 atom stereocenters. The van der Waals surface area contributed by atoms with Crippen molar-refractivity contribution in [1.29, 1.82) is 0 Å². The third kappa shape index (κ3) is 5.90. The number of rotatable bonds is 6. The topological polar surface area (TPSA) is 59.1 Å². The van der Waals surface area contributed by atoms with Crippen LogP contribution >= 0.6 is 0 Å². The molecule has 0 aliphatic heterocycles. The van der Waals surface area contributed by atoms with E-state index in [2.05, 4.69) is 41.4 Å². The first-order valence-corrected chi connectivity index (χ1v) is 10.3.